The quantitative estimate of drug-likeness (QED) is 0.482. The number of likely N-dealkylation sites (tertiary alicyclic amines) is 1. The third-order valence-electron chi connectivity index (χ3n) is 3.19. The molecule has 6 nitrogen and oxygen atoms in total. The molecule has 0 bridgehead atoms. The van der Waals surface area contributed by atoms with E-state index in [-0.39, 0.29) is 36.8 Å². The fourth-order valence-electron chi connectivity index (χ4n) is 2.10. The molecule has 1 rings (SSSR count). The summed E-state index contributed by atoms with van der Waals surface area (Å²) < 4.78 is 0. The van der Waals surface area contributed by atoms with Crippen LogP contribution >= 0.6 is 0 Å². The number of nitrogens with one attached hydrogen (secondary N) is 1. The maximum Gasteiger partial charge on any atom is 0.232 e. The minimum absolute atomic E-state index is 0.0525. The molecule has 1 atom stereocenters. The number of aliphatic hydroxyl groups excluding tert-OH is 1. The highest BCUT2D eigenvalue weighted by molar-refractivity contribution is 6.03. The topological polar surface area (TPSA) is 86.7 Å². The number of aliphatic hydroxyl groups is 1. The van der Waals surface area contributed by atoms with Gasteiger partial charge in [0.2, 0.25) is 17.7 Å². The van der Waals surface area contributed by atoms with E-state index >= 15 is 0 Å². The van der Waals surface area contributed by atoms with Crippen LogP contribution in [-0.2, 0) is 14.4 Å². The molecule has 0 aromatic heterocycles. The highest BCUT2D eigenvalue weighted by Crippen LogP contribution is 2.19. The van der Waals surface area contributed by atoms with Gasteiger partial charge in [0, 0.05) is 31.8 Å². The van der Waals surface area contributed by atoms with Gasteiger partial charge in [0.1, 0.15) is 0 Å². The number of carbonyl (C=O) groups excluding carboxylic acids is 3. The van der Waals surface area contributed by atoms with Gasteiger partial charge >= 0.3 is 0 Å². The van der Waals surface area contributed by atoms with E-state index in [1.165, 1.54) is 4.90 Å². The second kappa shape index (κ2) is 7.89. The van der Waals surface area contributed by atoms with E-state index < -0.39 is 0 Å². The van der Waals surface area contributed by atoms with Crippen molar-refractivity contribution in [1.29, 1.82) is 0 Å². The average Bonchev–Trinajstić information content (AvgIpc) is 2.62. The van der Waals surface area contributed by atoms with Gasteiger partial charge in [-0.2, -0.15) is 0 Å². The van der Waals surface area contributed by atoms with E-state index in [2.05, 4.69) is 5.32 Å². The Hall–Kier alpha value is -1.43. The number of hydrogen-bond donors (Lipinski definition) is 2. The number of unbranched alkanes of at least 4 members (excludes halogenated alkanes) is 2. The van der Waals surface area contributed by atoms with Crippen molar-refractivity contribution < 1.29 is 19.5 Å². The highest BCUT2D eigenvalue weighted by atomic mass is 16.3. The zero-order valence-corrected chi connectivity index (χ0v) is 11.4. The van der Waals surface area contributed by atoms with Crippen molar-refractivity contribution in [1.82, 2.24) is 10.2 Å². The molecule has 2 N–H and O–H groups in total. The van der Waals surface area contributed by atoms with Crippen LogP contribution in [0.2, 0.25) is 0 Å². The van der Waals surface area contributed by atoms with Gasteiger partial charge in [-0.25, -0.2) is 0 Å². The predicted molar refractivity (Wildman–Crippen MR) is 69.1 cm³/mol. The Bertz CT molecular complexity index is 344. The summed E-state index contributed by atoms with van der Waals surface area (Å²) in [5.74, 6) is -0.420. The maximum absolute atomic E-state index is 11.6. The number of nitrogens with zero attached hydrogens (tertiary/aromatic N) is 1. The monoisotopic (exact) mass is 270 g/mol. The minimum Gasteiger partial charge on any atom is -0.395 e. The van der Waals surface area contributed by atoms with Crippen molar-refractivity contribution >= 4 is 17.7 Å². The molecule has 1 heterocycles. The number of hydrogen-bond acceptors (Lipinski definition) is 4. The van der Waals surface area contributed by atoms with Crippen LogP contribution in [0.4, 0.5) is 0 Å². The largest absolute Gasteiger partial charge is 0.395 e. The third kappa shape index (κ3) is 4.98. The molecule has 0 aliphatic carbocycles. The van der Waals surface area contributed by atoms with E-state index in [0.717, 1.165) is 19.3 Å². The Labute approximate surface area is 113 Å². The Morgan fingerprint density at radius 2 is 2.11 bits per heavy atom. The molecule has 1 aliphatic heterocycles. The fraction of sp³-hybridized carbons (Fsp3) is 0.769. The van der Waals surface area contributed by atoms with E-state index in [4.69, 9.17) is 5.11 Å². The van der Waals surface area contributed by atoms with E-state index in [1.54, 1.807) is 6.92 Å². The second-order valence-electron chi connectivity index (χ2n) is 4.87. The number of amides is 3. The lowest BCUT2D eigenvalue weighted by Gasteiger charge is -2.13. The van der Waals surface area contributed by atoms with Gasteiger partial charge in [-0.1, -0.05) is 13.3 Å². The second-order valence-corrected chi connectivity index (χ2v) is 4.87. The van der Waals surface area contributed by atoms with Gasteiger partial charge in [0.05, 0.1) is 6.61 Å². The summed E-state index contributed by atoms with van der Waals surface area (Å²) in [7, 11) is 0. The van der Waals surface area contributed by atoms with Crippen molar-refractivity contribution in [3.05, 3.63) is 0 Å². The molecule has 0 radical (unpaired) electrons. The molecule has 1 saturated heterocycles. The van der Waals surface area contributed by atoms with Crippen molar-refractivity contribution in [2.75, 3.05) is 19.7 Å². The van der Waals surface area contributed by atoms with Gasteiger partial charge in [-0.3, -0.25) is 19.3 Å². The Morgan fingerprint density at radius 1 is 1.37 bits per heavy atom. The summed E-state index contributed by atoms with van der Waals surface area (Å²) >= 11 is 0. The Balaban J connectivity index is 2.09. The van der Waals surface area contributed by atoms with E-state index in [0.29, 0.717) is 19.4 Å². The maximum atomic E-state index is 11.6. The lowest BCUT2D eigenvalue weighted by Crippen LogP contribution is -2.31. The fourth-order valence-corrected chi connectivity index (χ4v) is 2.10. The molecule has 0 saturated carbocycles. The summed E-state index contributed by atoms with van der Waals surface area (Å²) in [5.41, 5.74) is 0. The lowest BCUT2D eigenvalue weighted by atomic mass is 10.1. The van der Waals surface area contributed by atoms with E-state index in [9.17, 15) is 14.4 Å². The summed E-state index contributed by atoms with van der Waals surface area (Å²) in [6, 6.07) is 0. The summed E-state index contributed by atoms with van der Waals surface area (Å²) in [6.45, 7) is 2.46. The van der Waals surface area contributed by atoms with Crippen molar-refractivity contribution in [2.24, 2.45) is 5.92 Å². The molecule has 19 heavy (non-hydrogen) atoms. The van der Waals surface area contributed by atoms with Crippen LogP contribution in [0.5, 0.6) is 0 Å². The van der Waals surface area contributed by atoms with Gasteiger partial charge in [-0.05, 0) is 12.8 Å². The van der Waals surface area contributed by atoms with Crippen LogP contribution in [0, 0.1) is 5.92 Å². The zero-order chi connectivity index (χ0) is 14.3. The van der Waals surface area contributed by atoms with Crippen LogP contribution in [0.1, 0.15) is 39.0 Å². The van der Waals surface area contributed by atoms with Crippen LogP contribution < -0.4 is 5.32 Å². The first kappa shape index (κ1) is 15.6. The molecule has 108 valence electrons. The number of rotatable bonds is 8. The van der Waals surface area contributed by atoms with Crippen molar-refractivity contribution in [3.8, 4) is 0 Å². The van der Waals surface area contributed by atoms with Gasteiger partial charge in [-0.15, -0.1) is 0 Å². The normalized spacial score (nSPS) is 19.1. The lowest BCUT2D eigenvalue weighted by molar-refractivity contribution is -0.139. The average molecular weight is 270 g/mol. The molecule has 1 aliphatic rings. The molecular formula is C13H22N2O4. The minimum atomic E-state index is -0.184. The molecule has 0 aromatic carbocycles. The smallest absolute Gasteiger partial charge is 0.232 e. The summed E-state index contributed by atoms with van der Waals surface area (Å²) in [4.78, 5) is 35.7. The first-order valence-electron chi connectivity index (χ1n) is 6.78. The molecule has 3 amide bonds. The SMILES string of the molecule is CC1CC(=O)N(CCCCCC(=O)NCCO)C1=O. The van der Waals surface area contributed by atoms with Crippen LogP contribution in [0.25, 0.3) is 0 Å². The van der Waals surface area contributed by atoms with Gasteiger partial charge in [0.25, 0.3) is 0 Å². The van der Waals surface area contributed by atoms with Crippen LogP contribution in [-0.4, -0.2) is 47.4 Å². The van der Waals surface area contributed by atoms with Crippen LogP contribution in [0.3, 0.4) is 0 Å². The molecule has 1 unspecified atom stereocenters. The molecule has 0 aromatic rings. The van der Waals surface area contributed by atoms with Crippen LogP contribution in [0.15, 0.2) is 0 Å². The molecule has 1 fully saturated rings. The molecule has 6 heteroatoms. The number of carbonyl (C=O) groups is 3. The predicted octanol–water partition coefficient (Wildman–Crippen LogP) is 0.0503. The third-order valence-corrected chi connectivity index (χ3v) is 3.19. The standard InChI is InChI=1S/C13H22N2O4/c1-10-9-12(18)15(13(10)19)7-4-2-3-5-11(17)14-6-8-16/h10,16H,2-9H2,1H3,(H,14,17). The molecular weight excluding hydrogens is 248 g/mol. The zero-order valence-electron chi connectivity index (χ0n) is 11.4. The van der Waals surface area contributed by atoms with Gasteiger partial charge in [0.15, 0.2) is 0 Å². The van der Waals surface area contributed by atoms with E-state index in [1.807, 2.05) is 0 Å². The highest BCUT2D eigenvalue weighted by Gasteiger charge is 2.34. The van der Waals surface area contributed by atoms with Crippen molar-refractivity contribution in [2.45, 2.75) is 39.0 Å². The number of imide groups is 1. The van der Waals surface area contributed by atoms with Gasteiger partial charge < -0.3 is 10.4 Å². The molecule has 0 spiro atoms. The first-order valence-corrected chi connectivity index (χ1v) is 6.78. The van der Waals surface area contributed by atoms with Crippen molar-refractivity contribution in [3.63, 3.8) is 0 Å². The Morgan fingerprint density at radius 3 is 2.68 bits per heavy atom. The Kier molecular flexibility index (Phi) is 6.49. The summed E-state index contributed by atoms with van der Waals surface area (Å²) in [5, 5.41) is 11.1. The first-order chi connectivity index (χ1) is 9.06. The summed E-state index contributed by atoms with van der Waals surface area (Å²) in [6.07, 6.45) is 3.00.